The lowest BCUT2D eigenvalue weighted by molar-refractivity contribution is 0.249. The fraction of sp³-hybridized carbons (Fsp3) is 0.360. The largest absolute Gasteiger partial charge is 0.353 e. The molecule has 4 aromatic heterocycles. The monoisotopic (exact) mass is 442 g/mol. The molecule has 0 unspecified atom stereocenters. The lowest BCUT2D eigenvalue weighted by atomic mass is 9.96. The van der Waals surface area contributed by atoms with Gasteiger partial charge < -0.3 is 4.90 Å². The van der Waals surface area contributed by atoms with Gasteiger partial charge in [-0.05, 0) is 55.0 Å². The molecule has 162 valence electrons. The number of rotatable bonds is 4. The second-order valence-electron chi connectivity index (χ2n) is 8.62. The molecule has 6 nitrogen and oxygen atoms in total. The summed E-state index contributed by atoms with van der Waals surface area (Å²) in [6, 6.07) is 8.18. The summed E-state index contributed by atoms with van der Waals surface area (Å²) in [6.45, 7) is 4.96. The van der Waals surface area contributed by atoms with Crippen LogP contribution >= 0.6 is 11.3 Å². The first-order valence-electron chi connectivity index (χ1n) is 11.4. The Bertz CT molecular complexity index is 1220. The number of piperazine rings is 1. The minimum absolute atomic E-state index is 0.811. The molecule has 0 radical (unpaired) electrons. The Balaban J connectivity index is 1.34. The van der Waals surface area contributed by atoms with E-state index in [1.54, 1.807) is 0 Å². The van der Waals surface area contributed by atoms with Gasteiger partial charge in [-0.15, -0.1) is 11.3 Å². The third-order valence-electron chi connectivity index (χ3n) is 6.53. The summed E-state index contributed by atoms with van der Waals surface area (Å²) in [5.41, 5.74) is 3.81. The van der Waals surface area contributed by atoms with E-state index in [9.17, 15) is 0 Å². The van der Waals surface area contributed by atoms with Crippen molar-refractivity contribution in [2.75, 3.05) is 31.1 Å². The zero-order valence-corrected chi connectivity index (χ0v) is 18.9. The summed E-state index contributed by atoms with van der Waals surface area (Å²) in [5, 5.41) is 1.31. The highest BCUT2D eigenvalue weighted by atomic mass is 32.1. The van der Waals surface area contributed by atoms with Crippen molar-refractivity contribution in [2.45, 2.75) is 32.2 Å². The Morgan fingerprint density at radius 2 is 1.72 bits per heavy atom. The van der Waals surface area contributed by atoms with Gasteiger partial charge >= 0.3 is 0 Å². The summed E-state index contributed by atoms with van der Waals surface area (Å²) >= 11 is 1.88. The molecular weight excluding hydrogens is 416 g/mol. The van der Waals surface area contributed by atoms with Gasteiger partial charge in [0.25, 0.3) is 0 Å². The molecule has 4 aromatic rings. The van der Waals surface area contributed by atoms with Crippen LogP contribution in [-0.4, -0.2) is 51.0 Å². The maximum absolute atomic E-state index is 5.15. The van der Waals surface area contributed by atoms with Gasteiger partial charge in [-0.1, -0.05) is 6.07 Å². The van der Waals surface area contributed by atoms with E-state index in [1.807, 2.05) is 54.3 Å². The molecule has 2 aliphatic rings. The fourth-order valence-corrected chi connectivity index (χ4v) is 6.12. The van der Waals surface area contributed by atoms with E-state index >= 15 is 0 Å². The van der Waals surface area contributed by atoms with Crippen molar-refractivity contribution < 1.29 is 0 Å². The highest BCUT2D eigenvalue weighted by molar-refractivity contribution is 7.19. The minimum atomic E-state index is 0.811. The lowest BCUT2D eigenvalue weighted by Gasteiger charge is -2.36. The SMILES string of the molecule is c1cncc(CN2CCN(c3nc(-c4ccncc4)nc4sc5c(c34)CCCC5)CC2)c1. The Hall–Kier alpha value is -2.90. The standard InChI is InChI=1S/C25H26N6S/c1-2-6-21-20(5-1)22-24(28-23(29-25(22)32-21)19-7-10-26-11-8-19)31-14-12-30(13-15-31)17-18-4-3-9-27-16-18/h3-4,7-11,16H,1-2,5-6,12-15,17H2. The number of pyridine rings is 2. The molecule has 0 bridgehead atoms. The molecule has 5 heterocycles. The van der Waals surface area contributed by atoms with E-state index < -0.39 is 0 Å². The third-order valence-corrected chi connectivity index (χ3v) is 7.72. The number of hydrogen-bond acceptors (Lipinski definition) is 7. The Morgan fingerprint density at radius 1 is 0.875 bits per heavy atom. The maximum Gasteiger partial charge on any atom is 0.163 e. The van der Waals surface area contributed by atoms with Crippen LogP contribution < -0.4 is 4.90 Å². The number of hydrogen-bond donors (Lipinski definition) is 0. The Kier molecular flexibility index (Phi) is 5.29. The summed E-state index contributed by atoms with van der Waals surface area (Å²) < 4.78 is 0. The van der Waals surface area contributed by atoms with Gasteiger partial charge in [-0.2, -0.15) is 0 Å². The summed E-state index contributed by atoms with van der Waals surface area (Å²) in [7, 11) is 0. The molecule has 0 aromatic carbocycles. The average molecular weight is 443 g/mol. The van der Waals surface area contributed by atoms with Crippen molar-refractivity contribution in [1.29, 1.82) is 0 Å². The van der Waals surface area contributed by atoms with Crippen LogP contribution in [0.4, 0.5) is 5.82 Å². The molecule has 0 atom stereocenters. The van der Waals surface area contributed by atoms with Crippen molar-refractivity contribution >= 4 is 27.4 Å². The van der Waals surface area contributed by atoms with Crippen LogP contribution in [0.1, 0.15) is 28.8 Å². The van der Waals surface area contributed by atoms with Gasteiger partial charge in [0.1, 0.15) is 10.6 Å². The van der Waals surface area contributed by atoms with E-state index in [1.165, 1.54) is 40.7 Å². The zero-order valence-electron chi connectivity index (χ0n) is 18.1. The molecule has 32 heavy (non-hydrogen) atoms. The van der Waals surface area contributed by atoms with Gasteiger partial charge in [0.2, 0.25) is 0 Å². The van der Waals surface area contributed by atoms with E-state index in [2.05, 4.69) is 25.8 Å². The van der Waals surface area contributed by atoms with E-state index in [0.29, 0.717) is 0 Å². The summed E-state index contributed by atoms with van der Waals surface area (Å²) in [6.07, 6.45) is 12.3. The summed E-state index contributed by atoms with van der Waals surface area (Å²) in [4.78, 5) is 26.2. The third kappa shape index (κ3) is 3.76. The molecule has 6 rings (SSSR count). The molecule has 0 saturated carbocycles. The van der Waals surface area contributed by atoms with Crippen molar-refractivity contribution in [2.24, 2.45) is 0 Å². The van der Waals surface area contributed by atoms with Crippen molar-refractivity contribution in [3.8, 4) is 11.4 Å². The number of fused-ring (bicyclic) bond motifs is 3. The van der Waals surface area contributed by atoms with Crippen LogP contribution in [0.15, 0.2) is 49.1 Å². The van der Waals surface area contributed by atoms with Crippen LogP contribution in [0.25, 0.3) is 21.6 Å². The number of thiophene rings is 1. The maximum atomic E-state index is 5.15. The quantitative estimate of drug-likeness (QED) is 0.468. The van der Waals surface area contributed by atoms with Gasteiger partial charge in [-0.25, -0.2) is 9.97 Å². The van der Waals surface area contributed by atoms with Gasteiger partial charge in [-0.3, -0.25) is 14.9 Å². The van der Waals surface area contributed by atoms with Crippen molar-refractivity contribution in [3.05, 3.63) is 65.1 Å². The van der Waals surface area contributed by atoms with Gasteiger partial charge in [0.05, 0.1) is 5.39 Å². The average Bonchev–Trinajstić information content (AvgIpc) is 3.24. The first-order valence-corrected chi connectivity index (χ1v) is 12.3. The highest BCUT2D eigenvalue weighted by Gasteiger charge is 2.26. The van der Waals surface area contributed by atoms with E-state index in [4.69, 9.17) is 9.97 Å². The molecule has 1 fully saturated rings. The molecular formula is C25H26N6S. The number of aromatic nitrogens is 4. The van der Waals surface area contributed by atoms with Crippen LogP contribution in [0, 0.1) is 0 Å². The second kappa shape index (κ2) is 8.56. The van der Waals surface area contributed by atoms with Crippen LogP contribution in [-0.2, 0) is 19.4 Å². The van der Waals surface area contributed by atoms with Crippen LogP contribution in [0.3, 0.4) is 0 Å². The molecule has 7 heteroatoms. The predicted molar refractivity (Wildman–Crippen MR) is 129 cm³/mol. The topological polar surface area (TPSA) is 58.0 Å². The highest BCUT2D eigenvalue weighted by Crippen LogP contribution is 2.41. The van der Waals surface area contributed by atoms with Gasteiger partial charge in [0.15, 0.2) is 5.82 Å². The lowest BCUT2D eigenvalue weighted by Crippen LogP contribution is -2.46. The first-order chi connectivity index (χ1) is 15.8. The molecule has 0 N–H and O–H groups in total. The molecule has 1 saturated heterocycles. The van der Waals surface area contributed by atoms with Crippen molar-refractivity contribution in [1.82, 2.24) is 24.8 Å². The first kappa shape index (κ1) is 19.8. The smallest absolute Gasteiger partial charge is 0.163 e. The van der Waals surface area contributed by atoms with Crippen molar-refractivity contribution in [3.63, 3.8) is 0 Å². The van der Waals surface area contributed by atoms with E-state index in [0.717, 1.165) is 61.2 Å². The number of aryl methyl sites for hydroxylation is 2. The molecule has 1 aliphatic carbocycles. The Labute approximate surface area is 192 Å². The predicted octanol–water partition coefficient (Wildman–Crippen LogP) is 4.35. The Morgan fingerprint density at radius 3 is 2.53 bits per heavy atom. The normalized spacial score (nSPS) is 16.9. The second-order valence-corrected chi connectivity index (χ2v) is 9.71. The molecule has 0 spiro atoms. The van der Waals surface area contributed by atoms with Crippen LogP contribution in [0.5, 0.6) is 0 Å². The zero-order chi connectivity index (χ0) is 21.3. The van der Waals surface area contributed by atoms with Gasteiger partial charge in [0, 0.05) is 68.0 Å². The number of nitrogens with zero attached hydrogens (tertiary/aromatic N) is 6. The van der Waals surface area contributed by atoms with Crippen LogP contribution in [0.2, 0.25) is 0 Å². The minimum Gasteiger partial charge on any atom is -0.353 e. The fourth-order valence-electron chi connectivity index (χ4n) is 4.86. The number of anilines is 1. The molecule has 1 aliphatic heterocycles. The summed E-state index contributed by atoms with van der Waals surface area (Å²) in [5.74, 6) is 1.94. The molecule has 0 amide bonds. The van der Waals surface area contributed by atoms with E-state index in [-0.39, 0.29) is 0 Å².